The van der Waals surface area contributed by atoms with E-state index in [9.17, 15) is 0 Å². The molecule has 0 unspecified atom stereocenters. The van der Waals surface area contributed by atoms with E-state index in [0.717, 1.165) is 45.9 Å². The summed E-state index contributed by atoms with van der Waals surface area (Å²) in [5.74, 6) is 0. The molecule has 2 rings (SSSR count). The molecule has 1 fully saturated rings. The third kappa shape index (κ3) is 7.34. The predicted octanol–water partition coefficient (Wildman–Crippen LogP) is -4.82. The number of ether oxygens (including phenoxy) is 1. The van der Waals surface area contributed by atoms with E-state index in [-0.39, 0.29) is 24.8 Å². The number of benzene rings is 1. The summed E-state index contributed by atoms with van der Waals surface area (Å²) in [4.78, 5) is 4.57. The zero-order valence-corrected chi connectivity index (χ0v) is 14.3. The molecule has 1 aromatic carbocycles. The second-order valence-electron chi connectivity index (χ2n) is 5.19. The van der Waals surface area contributed by atoms with Gasteiger partial charge in [-0.05, 0) is 17.7 Å². The van der Waals surface area contributed by atoms with Gasteiger partial charge in [0.1, 0.15) is 0 Å². The van der Waals surface area contributed by atoms with Gasteiger partial charge in [-0.3, -0.25) is 4.90 Å². The molecule has 1 heterocycles. The van der Waals surface area contributed by atoms with Crippen molar-refractivity contribution >= 4 is 5.69 Å². The molecule has 1 aromatic rings. The van der Waals surface area contributed by atoms with Crippen LogP contribution in [0.2, 0.25) is 0 Å². The number of hydrogen-bond acceptors (Lipinski definition) is 4. The Kier molecular flexibility index (Phi) is 10.8. The molecule has 21 heavy (non-hydrogen) atoms. The first-order chi connectivity index (χ1) is 9.25. The zero-order chi connectivity index (χ0) is 13.5. The lowest BCUT2D eigenvalue weighted by Gasteiger charge is -2.26. The van der Waals surface area contributed by atoms with Crippen molar-refractivity contribution in [2.24, 2.45) is 0 Å². The summed E-state index contributed by atoms with van der Waals surface area (Å²) < 4.78 is 5.34. The molecule has 0 atom stereocenters. The Morgan fingerprint density at radius 2 is 1.71 bits per heavy atom. The Balaban J connectivity index is 0.00000200. The Hall–Kier alpha value is -0.520. The summed E-state index contributed by atoms with van der Waals surface area (Å²) in [5.41, 5.74) is 2.59. The van der Waals surface area contributed by atoms with Crippen LogP contribution in [-0.4, -0.2) is 58.4 Å². The topological polar surface area (TPSA) is 27.7 Å². The van der Waals surface area contributed by atoms with Crippen LogP contribution in [0.25, 0.3) is 0 Å². The minimum Gasteiger partial charge on any atom is -1.00 e. The summed E-state index contributed by atoms with van der Waals surface area (Å²) in [5, 5.41) is 3.50. The Morgan fingerprint density at radius 1 is 1.10 bits per heavy atom. The molecule has 0 saturated carbocycles. The molecule has 0 aliphatic carbocycles. The van der Waals surface area contributed by atoms with E-state index in [0.29, 0.717) is 0 Å². The normalized spacial score (nSPS) is 15.0. The van der Waals surface area contributed by atoms with Gasteiger partial charge in [0.2, 0.25) is 0 Å². The Labute approximate surface area is 140 Å². The maximum Gasteiger partial charge on any atom is 0.0594 e. The molecule has 1 saturated heterocycles. The average molecular weight is 334 g/mol. The summed E-state index contributed by atoms with van der Waals surface area (Å²) in [6.07, 6.45) is 0. The molecule has 1 aliphatic heterocycles. The molecule has 0 radical (unpaired) electrons. The number of hydrogen-bond donors (Lipinski definition) is 1. The van der Waals surface area contributed by atoms with Gasteiger partial charge in [-0.1, -0.05) is 12.1 Å². The van der Waals surface area contributed by atoms with E-state index in [1.165, 1.54) is 11.3 Å². The van der Waals surface area contributed by atoms with Gasteiger partial charge in [-0.2, -0.15) is 0 Å². The van der Waals surface area contributed by atoms with E-state index < -0.39 is 0 Å². The lowest BCUT2D eigenvalue weighted by Crippen LogP contribution is -3.00. The zero-order valence-electron chi connectivity index (χ0n) is 12.8. The maximum atomic E-state index is 5.34. The highest BCUT2D eigenvalue weighted by Crippen LogP contribution is 2.11. The minimum absolute atomic E-state index is 0. The van der Waals surface area contributed by atoms with Crippen molar-refractivity contribution in [3.8, 4) is 0 Å². The Morgan fingerprint density at radius 3 is 2.29 bits per heavy atom. The third-order valence-corrected chi connectivity index (χ3v) is 3.49. The molecule has 122 valence electrons. The summed E-state index contributed by atoms with van der Waals surface area (Å²) in [7, 11) is 4.13. The number of rotatable bonds is 6. The second kappa shape index (κ2) is 11.1. The number of nitrogens with one attached hydrogen (secondary N) is 1. The van der Waals surface area contributed by atoms with E-state index in [1.54, 1.807) is 0 Å². The van der Waals surface area contributed by atoms with Crippen molar-refractivity contribution < 1.29 is 29.6 Å². The maximum absolute atomic E-state index is 5.34. The van der Waals surface area contributed by atoms with E-state index in [4.69, 9.17) is 4.74 Å². The van der Waals surface area contributed by atoms with Gasteiger partial charge < -0.3 is 39.8 Å². The monoisotopic (exact) mass is 333 g/mol. The largest absolute Gasteiger partial charge is 1.00 e. The third-order valence-electron chi connectivity index (χ3n) is 3.49. The van der Waals surface area contributed by atoms with E-state index >= 15 is 0 Å². The number of nitrogens with zero attached hydrogens (tertiary/aromatic N) is 2. The highest BCUT2D eigenvalue weighted by Gasteiger charge is 2.08. The average Bonchev–Trinajstić information content (AvgIpc) is 2.45. The first-order valence-electron chi connectivity index (χ1n) is 7.03. The van der Waals surface area contributed by atoms with Gasteiger partial charge >= 0.3 is 0 Å². The van der Waals surface area contributed by atoms with Crippen molar-refractivity contribution in [3.05, 3.63) is 29.8 Å². The first-order valence-corrected chi connectivity index (χ1v) is 7.03. The standard InChI is InChI=1S/C15H25N3O.2ClH/c1-17(2)15-5-3-14(4-6-15)13-16-7-8-18-9-11-19-12-10-18;;/h3-6,16H,7-13H2,1-2H3;2*1H/p-2. The quantitative estimate of drug-likeness (QED) is 0.529. The SMILES string of the molecule is CN(C)c1ccc(CNCCN2CCOCC2)cc1.[Cl-].[Cl-]. The van der Waals surface area contributed by atoms with Gasteiger partial charge in [-0.15, -0.1) is 0 Å². The van der Waals surface area contributed by atoms with Crippen LogP contribution in [0.4, 0.5) is 5.69 Å². The van der Waals surface area contributed by atoms with Crippen LogP contribution in [0.1, 0.15) is 5.56 Å². The molecule has 0 aromatic heterocycles. The molecule has 1 aliphatic rings. The van der Waals surface area contributed by atoms with Crippen LogP contribution in [0.15, 0.2) is 24.3 Å². The van der Waals surface area contributed by atoms with E-state index in [1.807, 2.05) is 0 Å². The highest BCUT2D eigenvalue weighted by molar-refractivity contribution is 5.45. The fraction of sp³-hybridized carbons (Fsp3) is 0.600. The predicted molar refractivity (Wildman–Crippen MR) is 79.7 cm³/mol. The second-order valence-corrected chi connectivity index (χ2v) is 5.19. The molecular weight excluding hydrogens is 309 g/mol. The Bertz CT molecular complexity index is 368. The van der Waals surface area contributed by atoms with Crippen LogP contribution < -0.4 is 35.0 Å². The van der Waals surface area contributed by atoms with Gasteiger partial charge in [-0.25, -0.2) is 0 Å². The number of morpholine rings is 1. The summed E-state index contributed by atoms with van der Waals surface area (Å²) in [6, 6.07) is 8.71. The first kappa shape index (κ1) is 20.5. The highest BCUT2D eigenvalue weighted by atomic mass is 35.5. The fourth-order valence-electron chi connectivity index (χ4n) is 2.21. The van der Waals surface area contributed by atoms with Crippen LogP contribution in [-0.2, 0) is 11.3 Å². The van der Waals surface area contributed by atoms with Crippen molar-refractivity contribution in [2.75, 3.05) is 58.4 Å². The van der Waals surface area contributed by atoms with Gasteiger partial charge in [0.15, 0.2) is 0 Å². The van der Waals surface area contributed by atoms with Crippen molar-refractivity contribution in [1.29, 1.82) is 0 Å². The van der Waals surface area contributed by atoms with E-state index in [2.05, 4.69) is 53.5 Å². The van der Waals surface area contributed by atoms with Crippen LogP contribution >= 0.6 is 0 Å². The van der Waals surface area contributed by atoms with Gasteiger partial charge in [0.25, 0.3) is 0 Å². The minimum atomic E-state index is 0. The molecule has 0 amide bonds. The van der Waals surface area contributed by atoms with Gasteiger partial charge in [0, 0.05) is 52.5 Å². The molecule has 6 heteroatoms. The molecule has 1 N–H and O–H groups in total. The van der Waals surface area contributed by atoms with Crippen LogP contribution in [0, 0.1) is 0 Å². The van der Waals surface area contributed by atoms with Crippen molar-refractivity contribution in [2.45, 2.75) is 6.54 Å². The van der Waals surface area contributed by atoms with Crippen LogP contribution in [0.3, 0.4) is 0 Å². The van der Waals surface area contributed by atoms with Crippen molar-refractivity contribution in [3.63, 3.8) is 0 Å². The number of halogens is 2. The molecule has 0 bridgehead atoms. The lowest BCUT2D eigenvalue weighted by molar-refractivity contribution is -0.001000. The smallest absolute Gasteiger partial charge is 0.0594 e. The molecule has 4 nitrogen and oxygen atoms in total. The summed E-state index contributed by atoms with van der Waals surface area (Å²) in [6.45, 7) is 6.99. The molecule has 0 spiro atoms. The lowest BCUT2D eigenvalue weighted by atomic mass is 10.2. The summed E-state index contributed by atoms with van der Waals surface area (Å²) >= 11 is 0. The number of anilines is 1. The molecular formula is C15H25Cl2N3O-2. The van der Waals surface area contributed by atoms with Gasteiger partial charge in [0.05, 0.1) is 13.2 Å². The van der Waals surface area contributed by atoms with Crippen LogP contribution in [0.5, 0.6) is 0 Å². The fourth-order valence-corrected chi connectivity index (χ4v) is 2.21. The van der Waals surface area contributed by atoms with Crippen molar-refractivity contribution in [1.82, 2.24) is 10.2 Å².